The Morgan fingerprint density at radius 1 is 1.33 bits per heavy atom. The second kappa shape index (κ2) is 5.26. The number of nitrogens with one attached hydrogen (secondary N) is 1. The highest BCUT2D eigenvalue weighted by Crippen LogP contribution is 2.30. The lowest BCUT2D eigenvalue weighted by Gasteiger charge is -2.38. The zero-order valence-corrected chi connectivity index (χ0v) is 12.0. The van der Waals surface area contributed by atoms with Gasteiger partial charge in [-0.15, -0.1) is 0 Å². The Balaban J connectivity index is 2.21. The molecule has 1 N–H and O–H groups in total. The van der Waals surface area contributed by atoms with Crippen molar-refractivity contribution >= 4 is 23.5 Å². The number of rotatable bonds is 3. The zero-order valence-electron chi connectivity index (χ0n) is 11.2. The molecule has 1 aromatic rings. The number of nitrogens with zero attached hydrogens (tertiary/aromatic N) is 4. The Morgan fingerprint density at radius 3 is 2.78 bits per heavy atom. The molecule has 1 aliphatic heterocycles. The van der Waals surface area contributed by atoms with E-state index >= 15 is 0 Å². The van der Waals surface area contributed by atoms with Crippen LogP contribution in [0.5, 0.6) is 0 Å². The molecular weight excluding hydrogens is 250 g/mol. The molecule has 1 aromatic heterocycles. The van der Waals surface area contributed by atoms with Gasteiger partial charge in [-0.25, -0.2) is 0 Å². The van der Waals surface area contributed by atoms with Gasteiger partial charge in [-0.1, -0.05) is 13.8 Å². The van der Waals surface area contributed by atoms with E-state index in [4.69, 9.17) is 11.6 Å². The zero-order chi connectivity index (χ0) is 13.2. The molecule has 0 radical (unpaired) electrons. The standard InChI is InChI=1S/C12H20ClN5/c1-4-14-10-15-9(13)16-11(17-10)18-7-5-6-12(2,3)8-18/h4-8H2,1-3H3,(H,14,15,16,17). The molecule has 1 aliphatic rings. The summed E-state index contributed by atoms with van der Waals surface area (Å²) in [6.45, 7) is 9.25. The third kappa shape index (κ3) is 3.22. The quantitative estimate of drug-likeness (QED) is 0.914. The van der Waals surface area contributed by atoms with Crippen molar-refractivity contribution in [3.05, 3.63) is 5.28 Å². The number of aromatic nitrogens is 3. The minimum atomic E-state index is 0.249. The van der Waals surface area contributed by atoms with Gasteiger partial charge in [0, 0.05) is 19.6 Å². The number of hydrogen-bond acceptors (Lipinski definition) is 5. The van der Waals surface area contributed by atoms with Gasteiger partial charge in [0.1, 0.15) is 0 Å². The molecule has 18 heavy (non-hydrogen) atoms. The summed E-state index contributed by atoms with van der Waals surface area (Å²) in [5.41, 5.74) is 0.301. The Morgan fingerprint density at radius 2 is 2.11 bits per heavy atom. The normalized spacial score (nSPS) is 18.8. The highest BCUT2D eigenvalue weighted by molar-refractivity contribution is 6.28. The van der Waals surface area contributed by atoms with Crippen LogP contribution in [0.1, 0.15) is 33.6 Å². The largest absolute Gasteiger partial charge is 0.354 e. The van der Waals surface area contributed by atoms with Crippen molar-refractivity contribution in [2.45, 2.75) is 33.6 Å². The molecule has 0 saturated carbocycles. The van der Waals surface area contributed by atoms with Crippen LogP contribution in [-0.2, 0) is 0 Å². The molecule has 0 atom stereocenters. The van der Waals surface area contributed by atoms with Crippen LogP contribution in [-0.4, -0.2) is 34.6 Å². The van der Waals surface area contributed by atoms with Gasteiger partial charge in [-0.3, -0.25) is 0 Å². The second-order valence-electron chi connectivity index (χ2n) is 5.45. The van der Waals surface area contributed by atoms with Gasteiger partial charge in [0.15, 0.2) is 0 Å². The molecule has 0 spiro atoms. The minimum Gasteiger partial charge on any atom is -0.354 e. The first-order valence-electron chi connectivity index (χ1n) is 6.40. The fourth-order valence-electron chi connectivity index (χ4n) is 2.31. The van der Waals surface area contributed by atoms with Crippen LogP contribution in [0.2, 0.25) is 5.28 Å². The van der Waals surface area contributed by atoms with E-state index in [-0.39, 0.29) is 5.28 Å². The van der Waals surface area contributed by atoms with Crippen LogP contribution in [0.25, 0.3) is 0 Å². The van der Waals surface area contributed by atoms with E-state index in [1.807, 2.05) is 6.92 Å². The maximum absolute atomic E-state index is 5.95. The summed E-state index contributed by atoms with van der Waals surface area (Å²) in [6, 6.07) is 0. The lowest BCUT2D eigenvalue weighted by Crippen LogP contribution is -2.41. The molecule has 6 heteroatoms. The van der Waals surface area contributed by atoms with Gasteiger partial charge in [0.25, 0.3) is 0 Å². The molecule has 0 aromatic carbocycles. The molecule has 0 unspecified atom stereocenters. The van der Waals surface area contributed by atoms with Crippen LogP contribution in [0.3, 0.4) is 0 Å². The van der Waals surface area contributed by atoms with Gasteiger partial charge >= 0.3 is 0 Å². The van der Waals surface area contributed by atoms with E-state index in [1.54, 1.807) is 0 Å². The maximum atomic E-state index is 5.95. The Kier molecular flexibility index (Phi) is 3.90. The van der Waals surface area contributed by atoms with Crippen molar-refractivity contribution in [1.82, 2.24) is 15.0 Å². The summed E-state index contributed by atoms with van der Waals surface area (Å²) in [6.07, 6.45) is 2.40. The third-order valence-electron chi connectivity index (χ3n) is 3.11. The summed E-state index contributed by atoms with van der Waals surface area (Å²) in [4.78, 5) is 14.9. The molecule has 100 valence electrons. The van der Waals surface area contributed by atoms with Crippen LogP contribution in [0.4, 0.5) is 11.9 Å². The number of hydrogen-bond donors (Lipinski definition) is 1. The number of piperidine rings is 1. The Labute approximate surface area is 113 Å². The lowest BCUT2D eigenvalue weighted by molar-refractivity contribution is 0.291. The fourth-order valence-corrected chi connectivity index (χ4v) is 2.47. The smallest absolute Gasteiger partial charge is 0.231 e. The van der Waals surface area contributed by atoms with Gasteiger partial charge in [-0.05, 0) is 36.8 Å². The molecule has 0 aliphatic carbocycles. The van der Waals surface area contributed by atoms with Crippen molar-refractivity contribution in [2.75, 3.05) is 29.9 Å². The molecule has 5 nitrogen and oxygen atoms in total. The Hall–Kier alpha value is -1.10. The first-order valence-corrected chi connectivity index (χ1v) is 6.78. The van der Waals surface area contributed by atoms with Crippen LogP contribution >= 0.6 is 11.6 Å². The van der Waals surface area contributed by atoms with Gasteiger partial charge in [0.05, 0.1) is 0 Å². The first kappa shape index (κ1) is 13.3. The van der Waals surface area contributed by atoms with E-state index in [1.165, 1.54) is 6.42 Å². The van der Waals surface area contributed by atoms with Crippen molar-refractivity contribution < 1.29 is 0 Å². The summed E-state index contributed by atoms with van der Waals surface area (Å²) in [5, 5.41) is 3.32. The lowest BCUT2D eigenvalue weighted by atomic mass is 9.84. The topological polar surface area (TPSA) is 53.9 Å². The van der Waals surface area contributed by atoms with Gasteiger partial charge in [0.2, 0.25) is 17.2 Å². The second-order valence-corrected chi connectivity index (χ2v) is 5.79. The van der Waals surface area contributed by atoms with Crippen molar-refractivity contribution in [3.8, 4) is 0 Å². The average molecular weight is 270 g/mol. The molecular formula is C12H20ClN5. The van der Waals surface area contributed by atoms with E-state index in [0.29, 0.717) is 17.3 Å². The summed E-state index contributed by atoms with van der Waals surface area (Å²) >= 11 is 5.95. The molecule has 2 rings (SSSR count). The predicted molar refractivity (Wildman–Crippen MR) is 74.2 cm³/mol. The van der Waals surface area contributed by atoms with Crippen molar-refractivity contribution in [3.63, 3.8) is 0 Å². The van der Waals surface area contributed by atoms with E-state index in [2.05, 4.69) is 39.0 Å². The monoisotopic (exact) mass is 269 g/mol. The van der Waals surface area contributed by atoms with Crippen molar-refractivity contribution in [1.29, 1.82) is 0 Å². The summed E-state index contributed by atoms with van der Waals surface area (Å²) in [7, 11) is 0. The maximum Gasteiger partial charge on any atom is 0.231 e. The molecule has 1 fully saturated rings. The first-order chi connectivity index (χ1) is 8.50. The minimum absolute atomic E-state index is 0.249. The Bertz CT molecular complexity index is 421. The third-order valence-corrected chi connectivity index (χ3v) is 3.28. The van der Waals surface area contributed by atoms with E-state index < -0.39 is 0 Å². The molecule has 0 amide bonds. The molecule has 0 bridgehead atoms. The van der Waals surface area contributed by atoms with Crippen LogP contribution in [0, 0.1) is 5.41 Å². The van der Waals surface area contributed by atoms with Crippen LogP contribution in [0.15, 0.2) is 0 Å². The average Bonchev–Trinajstić information content (AvgIpc) is 2.27. The predicted octanol–water partition coefficient (Wildman–Crippen LogP) is 2.58. The number of anilines is 2. The highest BCUT2D eigenvalue weighted by Gasteiger charge is 2.28. The van der Waals surface area contributed by atoms with E-state index in [0.717, 1.165) is 26.1 Å². The van der Waals surface area contributed by atoms with Crippen molar-refractivity contribution in [2.24, 2.45) is 5.41 Å². The number of halogens is 1. The SMILES string of the molecule is CCNc1nc(Cl)nc(N2CCCC(C)(C)C2)n1. The van der Waals surface area contributed by atoms with Gasteiger partial charge in [-0.2, -0.15) is 15.0 Å². The fraction of sp³-hybridized carbons (Fsp3) is 0.750. The summed E-state index contributed by atoms with van der Waals surface area (Å²) < 4.78 is 0. The molecule has 1 saturated heterocycles. The van der Waals surface area contributed by atoms with E-state index in [9.17, 15) is 0 Å². The summed E-state index contributed by atoms with van der Waals surface area (Å²) in [5.74, 6) is 1.23. The molecule has 2 heterocycles. The van der Waals surface area contributed by atoms with Crippen LogP contribution < -0.4 is 10.2 Å². The highest BCUT2D eigenvalue weighted by atomic mass is 35.5. The van der Waals surface area contributed by atoms with Gasteiger partial charge < -0.3 is 10.2 Å².